The predicted molar refractivity (Wildman–Crippen MR) is 274 cm³/mol. The molecule has 0 radical (unpaired) electrons. The molecule has 3 nitrogen and oxygen atoms in total. The van der Waals surface area contributed by atoms with Crippen LogP contribution in [-0.4, -0.2) is 12.3 Å². The van der Waals surface area contributed by atoms with E-state index in [0.717, 1.165) is 12.8 Å². The van der Waals surface area contributed by atoms with Gasteiger partial charge in [0.05, 0.1) is 11.1 Å². The number of hydrogen-bond donors (Lipinski definition) is 0. The van der Waals surface area contributed by atoms with Crippen LogP contribution >= 0.6 is 0 Å². The molecule has 0 saturated heterocycles. The van der Waals surface area contributed by atoms with Crippen molar-refractivity contribution in [1.29, 1.82) is 0 Å². The third-order valence-corrected chi connectivity index (χ3v) is 18.3. The van der Waals surface area contributed by atoms with Gasteiger partial charge in [-0.05, 0) is 156 Å². The third kappa shape index (κ3) is 4.85. The highest BCUT2D eigenvalue weighted by Gasteiger charge is 2.64. The summed E-state index contributed by atoms with van der Waals surface area (Å²) in [7, 11) is 0. The molecular weight excluding hydrogens is 773 g/mol. The first-order valence-corrected chi connectivity index (χ1v) is 24.5. The molecule has 12 rings (SSSR count). The average molecular weight is 840 g/mol. The van der Waals surface area contributed by atoms with Crippen LogP contribution < -0.4 is 31.1 Å². The molecule has 4 heterocycles. The van der Waals surface area contributed by atoms with Gasteiger partial charge < -0.3 is 14.7 Å². The van der Waals surface area contributed by atoms with E-state index in [1.807, 2.05) is 0 Å². The fourth-order valence-electron chi connectivity index (χ4n) is 14.7. The number of aryl methyl sites for hydroxylation is 3. The lowest BCUT2D eigenvalue weighted by Gasteiger charge is -2.54. The Morgan fingerprint density at radius 1 is 0.531 bits per heavy atom. The highest BCUT2D eigenvalue weighted by atomic mass is 15.3. The molecule has 4 atom stereocenters. The zero-order valence-corrected chi connectivity index (χ0v) is 40.6. The summed E-state index contributed by atoms with van der Waals surface area (Å²) in [4.78, 5) is 8.46. The van der Waals surface area contributed by atoms with Gasteiger partial charge in [0, 0.05) is 50.6 Å². The van der Waals surface area contributed by atoms with Crippen LogP contribution in [0.5, 0.6) is 0 Å². The van der Waals surface area contributed by atoms with E-state index in [4.69, 9.17) is 0 Å². The van der Waals surface area contributed by atoms with Gasteiger partial charge in [0.15, 0.2) is 0 Å². The molecule has 1 fully saturated rings. The van der Waals surface area contributed by atoms with Gasteiger partial charge in [-0.1, -0.05) is 147 Å². The van der Waals surface area contributed by atoms with Gasteiger partial charge in [-0.25, -0.2) is 0 Å². The maximum absolute atomic E-state index is 2.95. The fraction of sp³-hybridized carbons (Fsp3) is 0.400. The van der Waals surface area contributed by atoms with Gasteiger partial charge in [-0.15, -0.1) is 0 Å². The summed E-state index contributed by atoms with van der Waals surface area (Å²) in [5, 5.41) is 0. The second kappa shape index (κ2) is 12.8. The molecule has 2 aliphatic carbocycles. The molecule has 0 bridgehead atoms. The maximum atomic E-state index is 2.95. The molecule has 1 saturated carbocycles. The quantitative estimate of drug-likeness (QED) is 0.161. The molecule has 6 aliphatic rings. The van der Waals surface area contributed by atoms with Gasteiger partial charge in [-0.2, -0.15) is 0 Å². The van der Waals surface area contributed by atoms with Crippen LogP contribution in [0, 0.1) is 13.8 Å². The molecule has 64 heavy (non-hydrogen) atoms. The molecule has 6 aromatic rings. The van der Waals surface area contributed by atoms with E-state index in [2.05, 4.69) is 207 Å². The normalized spacial score (nSPS) is 25.9. The smallest absolute Gasteiger partial charge is 0.252 e. The van der Waals surface area contributed by atoms with Gasteiger partial charge in [0.1, 0.15) is 0 Å². The summed E-state index contributed by atoms with van der Waals surface area (Å²) in [6, 6.07) is 43.7. The van der Waals surface area contributed by atoms with Crippen molar-refractivity contribution in [2.75, 3.05) is 14.7 Å². The number of para-hydroxylation sites is 1. The Morgan fingerprint density at radius 3 is 1.98 bits per heavy atom. The lowest BCUT2D eigenvalue weighted by molar-refractivity contribution is 0.194. The molecule has 324 valence electrons. The van der Waals surface area contributed by atoms with E-state index in [1.54, 1.807) is 5.56 Å². The van der Waals surface area contributed by atoms with Crippen LogP contribution in [0.15, 0.2) is 109 Å². The lowest BCUT2D eigenvalue weighted by atomic mass is 9.32. The highest BCUT2D eigenvalue weighted by Crippen LogP contribution is 2.66. The topological polar surface area (TPSA) is 9.72 Å². The second-order valence-electron chi connectivity index (χ2n) is 23.7. The third-order valence-electron chi connectivity index (χ3n) is 18.3. The summed E-state index contributed by atoms with van der Waals surface area (Å²) >= 11 is 0. The van der Waals surface area contributed by atoms with Crippen molar-refractivity contribution in [3.05, 3.63) is 154 Å². The fourth-order valence-corrected chi connectivity index (χ4v) is 14.7. The summed E-state index contributed by atoms with van der Waals surface area (Å²) in [5.74, 6) is 0. The van der Waals surface area contributed by atoms with Crippen LogP contribution in [0.3, 0.4) is 0 Å². The minimum Gasteiger partial charge on any atom is -0.335 e. The minimum atomic E-state index is -0.311. The Morgan fingerprint density at radius 2 is 1.22 bits per heavy atom. The second-order valence-corrected chi connectivity index (χ2v) is 23.7. The van der Waals surface area contributed by atoms with Gasteiger partial charge in [-0.3, -0.25) is 0 Å². The Bertz CT molecular complexity index is 3000. The largest absolute Gasteiger partial charge is 0.335 e. The molecule has 4 aliphatic heterocycles. The Labute approximate surface area is 384 Å². The van der Waals surface area contributed by atoms with E-state index in [1.165, 1.54) is 121 Å². The molecular formula is C60H66BN3. The average Bonchev–Trinajstić information content (AvgIpc) is 3.61. The molecule has 0 spiro atoms. The first kappa shape index (κ1) is 40.3. The summed E-state index contributed by atoms with van der Waals surface area (Å²) in [6.07, 6.45) is 7.13. The first-order valence-electron chi connectivity index (χ1n) is 24.5. The van der Waals surface area contributed by atoms with Crippen LogP contribution in [0.1, 0.15) is 146 Å². The standard InChI is InChI=1S/C60H66BN3/c1-37-32-38(2)52-54-51(37)58(10)29-17-18-30-59(58,11)64(54)50-36-43(63-47-25-16-15-24-45(47)57(9)31-28-39-20-13-14-23-44(39)60(57,63)12)35-49-53(50)61(52)46-27-26-41(56(6,7)8)34-48(46)62(49)42-22-19-21-40(33-42)55(3,4)5/h13-16,19-27,32-36H,17-18,28-31H2,1-12H3. The van der Waals surface area contributed by atoms with Gasteiger partial charge in [0.25, 0.3) is 6.71 Å². The summed E-state index contributed by atoms with van der Waals surface area (Å²) < 4.78 is 0. The van der Waals surface area contributed by atoms with Crippen molar-refractivity contribution < 1.29 is 0 Å². The van der Waals surface area contributed by atoms with Gasteiger partial charge >= 0.3 is 0 Å². The van der Waals surface area contributed by atoms with Crippen LogP contribution in [0.4, 0.5) is 39.8 Å². The van der Waals surface area contributed by atoms with Gasteiger partial charge in [0.2, 0.25) is 0 Å². The molecule has 0 amide bonds. The van der Waals surface area contributed by atoms with Crippen molar-refractivity contribution in [3.8, 4) is 0 Å². The highest BCUT2D eigenvalue weighted by molar-refractivity contribution is 7.00. The predicted octanol–water partition coefficient (Wildman–Crippen LogP) is 13.5. The first-order chi connectivity index (χ1) is 30.3. The molecule has 0 N–H and O–H groups in total. The molecule has 6 aromatic carbocycles. The van der Waals surface area contributed by atoms with Crippen LogP contribution in [0.25, 0.3) is 0 Å². The minimum absolute atomic E-state index is 0.00171. The zero-order valence-electron chi connectivity index (χ0n) is 40.6. The molecule has 4 unspecified atom stereocenters. The molecule has 4 heteroatoms. The van der Waals surface area contributed by atoms with E-state index >= 15 is 0 Å². The van der Waals surface area contributed by atoms with Crippen molar-refractivity contribution in [3.63, 3.8) is 0 Å². The van der Waals surface area contributed by atoms with Crippen LogP contribution in [0.2, 0.25) is 0 Å². The van der Waals surface area contributed by atoms with E-state index < -0.39 is 0 Å². The molecule has 0 aromatic heterocycles. The van der Waals surface area contributed by atoms with Crippen molar-refractivity contribution in [1.82, 2.24) is 0 Å². The van der Waals surface area contributed by atoms with Crippen molar-refractivity contribution >= 4 is 62.9 Å². The van der Waals surface area contributed by atoms with Crippen LogP contribution in [-0.2, 0) is 33.6 Å². The maximum Gasteiger partial charge on any atom is 0.252 e. The van der Waals surface area contributed by atoms with Crippen molar-refractivity contribution in [2.45, 2.75) is 154 Å². The lowest BCUT2D eigenvalue weighted by Crippen LogP contribution is -2.65. The zero-order chi connectivity index (χ0) is 44.7. The monoisotopic (exact) mass is 840 g/mol. The number of rotatable bonds is 2. The Hall–Kier alpha value is -5.22. The van der Waals surface area contributed by atoms with E-state index in [-0.39, 0.29) is 39.5 Å². The number of benzene rings is 6. The number of anilines is 7. The summed E-state index contributed by atoms with van der Waals surface area (Å²) in [5.41, 5.74) is 25.0. The summed E-state index contributed by atoms with van der Waals surface area (Å²) in [6.45, 7) is 29.5. The SMILES string of the molecule is Cc1cc(C)c2c3c1B1c4ccc(C(C)(C)C)cc4N(c4cccc(C(C)(C)C)c4)c4cc(N5c6ccccc6C6(C)CCc7ccccc7C56C)cc(c41)N3C1(C)CCCCC21C. The van der Waals surface area contributed by atoms with E-state index in [9.17, 15) is 0 Å². The Kier molecular flexibility index (Phi) is 8.04. The number of nitrogens with zero attached hydrogens (tertiary/aromatic N) is 3. The van der Waals surface area contributed by atoms with E-state index in [0.29, 0.717) is 0 Å². The Balaban J connectivity index is 1.25. The van der Waals surface area contributed by atoms with Crippen molar-refractivity contribution in [2.24, 2.45) is 0 Å². The number of fused-ring (bicyclic) bond motifs is 12. The number of hydrogen-bond acceptors (Lipinski definition) is 3.